The van der Waals surface area contributed by atoms with Crippen molar-refractivity contribution in [2.45, 2.75) is 18.3 Å². The Kier molecular flexibility index (Phi) is 2.43. The fourth-order valence-electron chi connectivity index (χ4n) is 3.04. The van der Waals surface area contributed by atoms with Gasteiger partial charge >= 0.3 is 6.09 Å². The third kappa shape index (κ3) is 1.62. The van der Waals surface area contributed by atoms with Crippen molar-refractivity contribution < 1.29 is 14.3 Å². The molecule has 0 atom stereocenters. The summed E-state index contributed by atoms with van der Waals surface area (Å²) < 4.78 is 13.4. The summed E-state index contributed by atoms with van der Waals surface area (Å²) in [6, 6.07) is 4.81. The van der Waals surface area contributed by atoms with Gasteiger partial charge in [-0.1, -0.05) is 0 Å². The number of likely N-dealkylation sites (tertiary alicyclic amines) is 1. The quantitative estimate of drug-likeness (QED) is 0.742. The van der Waals surface area contributed by atoms with Crippen molar-refractivity contribution in [1.82, 2.24) is 4.90 Å². The van der Waals surface area contributed by atoms with Crippen LogP contribution in [0.15, 0.2) is 18.2 Å². The van der Waals surface area contributed by atoms with Crippen LogP contribution in [0.5, 0.6) is 0 Å². The molecule has 0 unspecified atom stereocenters. The molecule has 0 radical (unpaired) electrons. The lowest BCUT2D eigenvalue weighted by atomic mass is 9.74. The van der Waals surface area contributed by atoms with Crippen molar-refractivity contribution in [2.24, 2.45) is 0 Å². The van der Waals surface area contributed by atoms with E-state index < -0.39 is 6.09 Å². The minimum Gasteiger partial charge on any atom is -0.465 e. The van der Waals surface area contributed by atoms with Crippen LogP contribution >= 0.6 is 0 Å². The molecule has 4 nitrogen and oxygen atoms in total. The predicted molar refractivity (Wildman–Crippen MR) is 65.4 cm³/mol. The van der Waals surface area contributed by atoms with Gasteiger partial charge in [0.2, 0.25) is 0 Å². The summed E-state index contributed by atoms with van der Waals surface area (Å²) in [7, 11) is 0. The molecule has 0 aromatic heterocycles. The molecular formula is C13H15FN2O2. The van der Waals surface area contributed by atoms with E-state index in [1.807, 2.05) is 0 Å². The smallest absolute Gasteiger partial charge is 0.407 e. The molecule has 1 spiro atoms. The van der Waals surface area contributed by atoms with Crippen LogP contribution in [-0.2, 0) is 5.41 Å². The van der Waals surface area contributed by atoms with Crippen molar-refractivity contribution in [2.75, 3.05) is 25.0 Å². The summed E-state index contributed by atoms with van der Waals surface area (Å²) in [6.45, 7) is 1.82. The summed E-state index contributed by atoms with van der Waals surface area (Å²) in [5.74, 6) is -0.225. The predicted octanol–water partition coefficient (Wildman–Crippen LogP) is 2.26. The number of carboxylic acid groups (broad SMARTS) is 1. The lowest BCUT2D eigenvalue weighted by Crippen LogP contribution is -2.45. The highest BCUT2D eigenvalue weighted by Gasteiger charge is 2.42. The zero-order valence-corrected chi connectivity index (χ0v) is 9.95. The minimum atomic E-state index is -0.865. The second kappa shape index (κ2) is 3.86. The van der Waals surface area contributed by atoms with Gasteiger partial charge in [0.25, 0.3) is 0 Å². The van der Waals surface area contributed by atoms with Crippen molar-refractivity contribution >= 4 is 11.8 Å². The molecule has 5 heteroatoms. The fourth-order valence-corrected chi connectivity index (χ4v) is 3.04. The van der Waals surface area contributed by atoms with Gasteiger partial charge in [-0.05, 0) is 36.6 Å². The van der Waals surface area contributed by atoms with Crippen LogP contribution in [0.25, 0.3) is 0 Å². The molecule has 0 saturated carbocycles. The SMILES string of the molecule is O=C(O)N1CCC2(CC1)CNc1ccc(F)cc12. The molecular weight excluding hydrogens is 235 g/mol. The fraction of sp³-hybridized carbons (Fsp3) is 0.462. The van der Waals surface area contributed by atoms with Crippen molar-refractivity contribution in [3.63, 3.8) is 0 Å². The summed E-state index contributed by atoms with van der Waals surface area (Å²) >= 11 is 0. The average molecular weight is 250 g/mol. The number of rotatable bonds is 0. The van der Waals surface area contributed by atoms with Gasteiger partial charge in [-0.25, -0.2) is 9.18 Å². The van der Waals surface area contributed by atoms with Crippen molar-refractivity contribution in [1.29, 1.82) is 0 Å². The molecule has 3 rings (SSSR count). The molecule has 2 N–H and O–H groups in total. The number of carbonyl (C=O) groups is 1. The number of hydrogen-bond acceptors (Lipinski definition) is 2. The van der Waals surface area contributed by atoms with Crippen LogP contribution < -0.4 is 5.32 Å². The number of benzene rings is 1. The van der Waals surface area contributed by atoms with Crippen LogP contribution in [-0.4, -0.2) is 35.7 Å². The second-order valence-corrected chi connectivity index (χ2v) is 5.09. The van der Waals surface area contributed by atoms with E-state index in [0.717, 1.165) is 30.6 Å². The van der Waals surface area contributed by atoms with Gasteiger partial charge in [0, 0.05) is 30.7 Å². The maximum absolute atomic E-state index is 13.4. The topological polar surface area (TPSA) is 52.6 Å². The Morgan fingerprint density at radius 1 is 1.39 bits per heavy atom. The van der Waals surface area contributed by atoms with E-state index in [0.29, 0.717) is 13.1 Å². The first-order chi connectivity index (χ1) is 8.61. The first-order valence-corrected chi connectivity index (χ1v) is 6.13. The third-order valence-electron chi connectivity index (χ3n) is 4.16. The summed E-state index contributed by atoms with van der Waals surface area (Å²) in [5.41, 5.74) is 1.90. The normalized spacial score (nSPS) is 20.6. The first kappa shape index (κ1) is 11.3. The average Bonchev–Trinajstić information content (AvgIpc) is 2.69. The number of nitrogens with one attached hydrogen (secondary N) is 1. The Morgan fingerprint density at radius 3 is 2.78 bits per heavy atom. The molecule has 1 fully saturated rings. The Labute approximate surface area is 104 Å². The van der Waals surface area contributed by atoms with E-state index >= 15 is 0 Å². The summed E-state index contributed by atoms with van der Waals surface area (Å²) in [4.78, 5) is 12.3. The van der Waals surface area contributed by atoms with Gasteiger partial charge in [0.05, 0.1) is 0 Å². The largest absolute Gasteiger partial charge is 0.465 e. The molecule has 1 saturated heterocycles. The van der Waals surface area contributed by atoms with Gasteiger partial charge in [0.15, 0.2) is 0 Å². The van der Waals surface area contributed by atoms with Gasteiger partial charge in [-0.2, -0.15) is 0 Å². The minimum absolute atomic E-state index is 0.0939. The van der Waals surface area contributed by atoms with Crippen LogP contribution in [0, 0.1) is 5.82 Å². The zero-order chi connectivity index (χ0) is 12.8. The van der Waals surface area contributed by atoms with Crippen LogP contribution in [0.1, 0.15) is 18.4 Å². The third-order valence-corrected chi connectivity index (χ3v) is 4.16. The van der Waals surface area contributed by atoms with E-state index in [9.17, 15) is 9.18 Å². The highest BCUT2D eigenvalue weighted by atomic mass is 19.1. The number of anilines is 1. The first-order valence-electron chi connectivity index (χ1n) is 6.13. The molecule has 1 amide bonds. The maximum Gasteiger partial charge on any atom is 0.407 e. The van der Waals surface area contributed by atoms with E-state index in [1.165, 1.54) is 11.0 Å². The Bertz CT molecular complexity index is 496. The number of hydrogen-bond donors (Lipinski definition) is 2. The highest BCUT2D eigenvalue weighted by Crippen LogP contribution is 2.44. The number of halogens is 1. The van der Waals surface area contributed by atoms with Gasteiger partial charge in [0.1, 0.15) is 5.82 Å². The number of amides is 1. The van der Waals surface area contributed by atoms with E-state index in [2.05, 4.69) is 5.32 Å². The van der Waals surface area contributed by atoms with Crippen LogP contribution in [0.3, 0.4) is 0 Å². The molecule has 0 bridgehead atoms. The molecule has 2 heterocycles. The second-order valence-electron chi connectivity index (χ2n) is 5.09. The van der Waals surface area contributed by atoms with E-state index in [4.69, 9.17) is 5.11 Å². The molecule has 1 aromatic rings. The summed E-state index contributed by atoms with van der Waals surface area (Å²) in [5, 5.41) is 12.3. The Balaban J connectivity index is 1.88. The highest BCUT2D eigenvalue weighted by molar-refractivity contribution is 5.66. The number of nitrogens with zero attached hydrogens (tertiary/aromatic N) is 1. The van der Waals surface area contributed by atoms with Gasteiger partial charge < -0.3 is 15.3 Å². The van der Waals surface area contributed by atoms with Gasteiger partial charge in [-0.3, -0.25) is 0 Å². The Morgan fingerprint density at radius 2 is 2.11 bits per heavy atom. The molecule has 1 aromatic carbocycles. The zero-order valence-electron chi connectivity index (χ0n) is 9.95. The number of piperidine rings is 1. The number of fused-ring (bicyclic) bond motifs is 2. The lowest BCUT2D eigenvalue weighted by molar-refractivity contribution is 0.119. The molecule has 18 heavy (non-hydrogen) atoms. The standard InChI is InChI=1S/C13H15FN2O2/c14-9-1-2-11-10(7-9)13(8-15-11)3-5-16(6-4-13)12(17)18/h1-2,7,15H,3-6,8H2,(H,17,18). The molecule has 2 aliphatic rings. The van der Waals surface area contributed by atoms with E-state index in [1.54, 1.807) is 12.1 Å². The van der Waals surface area contributed by atoms with Crippen molar-refractivity contribution in [3.8, 4) is 0 Å². The van der Waals surface area contributed by atoms with Crippen molar-refractivity contribution in [3.05, 3.63) is 29.6 Å². The monoisotopic (exact) mass is 250 g/mol. The molecule has 2 aliphatic heterocycles. The van der Waals surface area contributed by atoms with Crippen LogP contribution in [0.4, 0.5) is 14.9 Å². The lowest BCUT2D eigenvalue weighted by Gasteiger charge is -2.38. The molecule has 0 aliphatic carbocycles. The maximum atomic E-state index is 13.4. The molecule has 96 valence electrons. The van der Waals surface area contributed by atoms with E-state index in [-0.39, 0.29) is 11.2 Å². The van der Waals surface area contributed by atoms with Crippen LogP contribution in [0.2, 0.25) is 0 Å². The summed E-state index contributed by atoms with van der Waals surface area (Å²) in [6.07, 6.45) is 0.640. The van der Waals surface area contributed by atoms with Gasteiger partial charge in [-0.15, -0.1) is 0 Å². The Hall–Kier alpha value is -1.78.